The summed E-state index contributed by atoms with van der Waals surface area (Å²) in [6.07, 6.45) is 2.66. The van der Waals surface area contributed by atoms with Crippen LogP contribution in [0.4, 0.5) is 0 Å². The van der Waals surface area contributed by atoms with Crippen molar-refractivity contribution in [1.82, 2.24) is 20.2 Å². The van der Waals surface area contributed by atoms with Crippen molar-refractivity contribution in [2.75, 3.05) is 0 Å². The van der Waals surface area contributed by atoms with Gasteiger partial charge in [-0.05, 0) is 0 Å². The molecule has 0 aromatic carbocycles. The minimum absolute atomic E-state index is 0.509. The molecule has 0 aliphatic carbocycles. The summed E-state index contributed by atoms with van der Waals surface area (Å²) in [7, 11) is 0. The molecule has 0 bridgehead atoms. The Balaban J connectivity index is 2.28. The standard InChI is InChI=1S/C5H10AsN4/c1-6(2)3-4-10-5-7-8-9-10/h3-4H2,1-2H3. The van der Waals surface area contributed by atoms with Gasteiger partial charge in [0, 0.05) is 0 Å². The van der Waals surface area contributed by atoms with E-state index in [1.807, 2.05) is 0 Å². The zero-order chi connectivity index (χ0) is 7.40. The molecule has 1 heterocycles. The van der Waals surface area contributed by atoms with E-state index in [4.69, 9.17) is 0 Å². The first kappa shape index (κ1) is 7.73. The summed E-state index contributed by atoms with van der Waals surface area (Å²) in [4.78, 5) is 0. The fourth-order valence-corrected chi connectivity index (χ4v) is 1.79. The van der Waals surface area contributed by atoms with E-state index in [0.29, 0.717) is 0 Å². The van der Waals surface area contributed by atoms with Gasteiger partial charge in [-0.15, -0.1) is 0 Å². The van der Waals surface area contributed by atoms with Gasteiger partial charge in [0.15, 0.2) is 0 Å². The average molecular weight is 201 g/mol. The van der Waals surface area contributed by atoms with E-state index < -0.39 is 14.7 Å². The molecule has 1 aromatic rings. The normalized spacial score (nSPS) is 10.7. The summed E-state index contributed by atoms with van der Waals surface area (Å²) in [5, 5.41) is 11.9. The van der Waals surface area contributed by atoms with E-state index in [0.717, 1.165) is 6.54 Å². The van der Waals surface area contributed by atoms with E-state index in [-0.39, 0.29) is 0 Å². The van der Waals surface area contributed by atoms with Crippen molar-refractivity contribution in [3.8, 4) is 0 Å². The van der Waals surface area contributed by atoms with Crippen LogP contribution in [-0.2, 0) is 6.54 Å². The number of tetrazole rings is 1. The van der Waals surface area contributed by atoms with Crippen LogP contribution < -0.4 is 0 Å². The molecule has 5 heteroatoms. The Labute approximate surface area is 64.9 Å². The van der Waals surface area contributed by atoms with Crippen molar-refractivity contribution in [1.29, 1.82) is 0 Å². The third kappa shape index (κ3) is 2.48. The van der Waals surface area contributed by atoms with Crippen LogP contribution in [0.3, 0.4) is 0 Å². The van der Waals surface area contributed by atoms with E-state index in [9.17, 15) is 0 Å². The molecule has 4 nitrogen and oxygen atoms in total. The molecule has 1 rings (SSSR count). The topological polar surface area (TPSA) is 43.6 Å². The molecule has 0 fully saturated rings. The molecular formula is C5H10AsN4. The third-order valence-corrected chi connectivity index (χ3v) is 3.41. The van der Waals surface area contributed by atoms with Gasteiger partial charge in [0.05, 0.1) is 0 Å². The van der Waals surface area contributed by atoms with Gasteiger partial charge in [-0.1, -0.05) is 0 Å². The monoisotopic (exact) mass is 201 g/mol. The summed E-state index contributed by atoms with van der Waals surface area (Å²) >= 11 is -0.509. The molecule has 55 valence electrons. The summed E-state index contributed by atoms with van der Waals surface area (Å²) < 4.78 is 1.66. The maximum absolute atomic E-state index is 3.71. The molecule has 0 spiro atoms. The summed E-state index contributed by atoms with van der Waals surface area (Å²) in [5.74, 6) is 0. The first-order valence-corrected chi connectivity index (χ1v) is 8.15. The second-order valence-electron chi connectivity index (χ2n) is 2.31. The van der Waals surface area contributed by atoms with Crippen LogP contribution in [0.1, 0.15) is 0 Å². The fraction of sp³-hybridized carbons (Fsp3) is 0.800. The van der Waals surface area contributed by atoms with Crippen molar-refractivity contribution in [2.45, 2.75) is 23.2 Å². The van der Waals surface area contributed by atoms with Gasteiger partial charge >= 0.3 is 64.4 Å². The van der Waals surface area contributed by atoms with Gasteiger partial charge in [0.1, 0.15) is 0 Å². The quantitative estimate of drug-likeness (QED) is 0.657. The molecule has 0 saturated heterocycles. The molecule has 0 saturated carbocycles. The number of hydrogen-bond acceptors (Lipinski definition) is 3. The van der Waals surface area contributed by atoms with Gasteiger partial charge in [0.2, 0.25) is 0 Å². The van der Waals surface area contributed by atoms with Crippen LogP contribution in [0, 0.1) is 6.33 Å². The molecule has 10 heavy (non-hydrogen) atoms. The third-order valence-electron chi connectivity index (χ3n) is 1.11. The van der Waals surface area contributed by atoms with Crippen LogP contribution >= 0.6 is 0 Å². The van der Waals surface area contributed by atoms with Crippen LogP contribution in [0.2, 0.25) is 16.6 Å². The number of aryl methyl sites for hydroxylation is 1. The van der Waals surface area contributed by atoms with Crippen molar-refractivity contribution in [3.05, 3.63) is 6.33 Å². The molecule has 0 unspecified atom stereocenters. The van der Waals surface area contributed by atoms with Crippen molar-refractivity contribution < 1.29 is 0 Å². The molecule has 0 amide bonds. The van der Waals surface area contributed by atoms with E-state index in [2.05, 4.69) is 33.3 Å². The van der Waals surface area contributed by atoms with Crippen molar-refractivity contribution >= 4 is 14.7 Å². The summed E-state index contributed by atoms with van der Waals surface area (Å²) in [5.41, 5.74) is 4.63. The Morgan fingerprint density at radius 3 is 2.80 bits per heavy atom. The summed E-state index contributed by atoms with van der Waals surface area (Å²) in [6, 6.07) is 0. The SMILES string of the molecule is C[As](C)CCn1[c]nnn1. The van der Waals surface area contributed by atoms with E-state index >= 15 is 0 Å². The van der Waals surface area contributed by atoms with E-state index in [1.54, 1.807) is 4.68 Å². The first-order valence-electron chi connectivity index (χ1n) is 3.07. The van der Waals surface area contributed by atoms with Gasteiger partial charge < -0.3 is 0 Å². The Morgan fingerprint density at radius 1 is 1.50 bits per heavy atom. The van der Waals surface area contributed by atoms with Crippen molar-refractivity contribution in [2.24, 2.45) is 0 Å². The zero-order valence-corrected chi connectivity index (χ0v) is 8.03. The van der Waals surface area contributed by atoms with Crippen LogP contribution in [0.15, 0.2) is 0 Å². The number of rotatable bonds is 3. The molecule has 0 aliphatic heterocycles. The number of aromatic nitrogens is 4. The predicted octanol–water partition coefficient (Wildman–Crippen LogP) is 0.228. The number of nitrogens with zero attached hydrogens (tertiary/aromatic N) is 4. The molecule has 0 atom stereocenters. The summed E-state index contributed by atoms with van der Waals surface area (Å²) in [6.45, 7) is 0.931. The van der Waals surface area contributed by atoms with E-state index in [1.165, 1.54) is 5.21 Å². The Kier molecular flexibility index (Phi) is 2.87. The van der Waals surface area contributed by atoms with Crippen LogP contribution in [0.5, 0.6) is 0 Å². The Bertz CT molecular complexity index is 172. The first-order chi connectivity index (χ1) is 4.79. The Morgan fingerprint density at radius 2 is 2.30 bits per heavy atom. The maximum atomic E-state index is 3.71. The van der Waals surface area contributed by atoms with Gasteiger partial charge in [-0.3, -0.25) is 0 Å². The second kappa shape index (κ2) is 3.71. The fourth-order valence-electron chi connectivity index (χ4n) is 0.549. The molecular weight excluding hydrogens is 191 g/mol. The molecule has 0 N–H and O–H groups in total. The van der Waals surface area contributed by atoms with Crippen LogP contribution in [0.25, 0.3) is 0 Å². The predicted molar refractivity (Wildman–Crippen MR) is 38.9 cm³/mol. The van der Waals surface area contributed by atoms with Gasteiger partial charge in [-0.2, -0.15) is 0 Å². The number of hydrogen-bond donors (Lipinski definition) is 0. The second-order valence-corrected chi connectivity index (χ2v) is 7.77. The van der Waals surface area contributed by atoms with Gasteiger partial charge in [0.25, 0.3) is 0 Å². The average Bonchev–Trinajstić information content (AvgIpc) is 2.34. The Hall–Kier alpha value is -0.372. The minimum atomic E-state index is -0.509. The van der Waals surface area contributed by atoms with Crippen LogP contribution in [-0.4, -0.2) is 34.9 Å². The molecule has 0 aliphatic rings. The van der Waals surface area contributed by atoms with Crippen molar-refractivity contribution in [3.63, 3.8) is 0 Å². The molecule has 1 radical (unpaired) electrons. The zero-order valence-electron chi connectivity index (χ0n) is 6.15. The molecule has 1 aromatic heterocycles. The van der Waals surface area contributed by atoms with Gasteiger partial charge in [-0.25, -0.2) is 0 Å².